The lowest BCUT2D eigenvalue weighted by atomic mass is 9.74. The second-order valence-corrected chi connectivity index (χ2v) is 5.29. The topological polar surface area (TPSA) is 55.5 Å². The third-order valence-electron chi connectivity index (χ3n) is 3.67. The molecule has 0 aliphatic carbocycles. The number of hydrogen-bond donors (Lipinski definition) is 2. The number of nitrogens with two attached hydrogens (primary N) is 1. The van der Waals surface area contributed by atoms with E-state index in [1.165, 1.54) is 0 Å². The minimum absolute atomic E-state index is 0.327. The van der Waals surface area contributed by atoms with Crippen molar-refractivity contribution in [2.75, 3.05) is 6.61 Å². The van der Waals surface area contributed by atoms with Gasteiger partial charge in [-0.1, -0.05) is 6.92 Å². The van der Waals surface area contributed by atoms with Crippen molar-refractivity contribution in [1.82, 2.24) is 0 Å². The Bertz CT molecular complexity index is 213. The van der Waals surface area contributed by atoms with E-state index in [0.717, 1.165) is 12.8 Å². The van der Waals surface area contributed by atoms with Gasteiger partial charge in [-0.3, -0.25) is 0 Å². The molecule has 84 valence electrons. The van der Waals surface area contributed by atoms with Gasteiger partial charge in [-0.05, 0) is 40.0 Å². The highest BCUT2D eigenvalue weighted by Gasteiger charge is 2.49. The highest BCUT2D eigenvalue weighted by atomic mass is 16.5. The van der Waals surface area contributed by atoms with Gasteiger partial charge in [0.1, 0.15) is 0 Å². The summed E-state index contributed by atoms with van der Waals surface area (Å²) in [6.07, 6.45) is 2.15. The van der Waals surface area contributed by atoms with Crippen LogP contribution in [0.1, 0.15) is 47.0 Å². The van der Waals surface area contributed by atoms with E-state index in [-0.39, 0.29) is 5.60 Å². The molecule has 3 heteroatoms. The van der Waals surface area contributed by atoms with E-state index in [9.17, 15) is 5.11 Å². The molecule has 1 rings (SSSR count). The van der Waals surface area contributed by atoms with Crippen molar-refractivity contribution in [2.24, 2.45) is 5.73 Å². The van der Waals surface area contributed by atoms with Gasteiger partial charge >= 0.3 is 0 Å². The van der Waals surface area contributed by atoms with Gasteiger partial charge in [-0.15, -0.1) is 0 Å². The zero-order valence-electron chi connectivity index (χ0n) is 9.76. The van der Waals surface area contributed by atoms with Crippen LogP contribution in [0.4, 0.5) is 0 Å². The van der Waals surface area contributed by atoms with Gasteiger partial charge in [0.15, 0.2) is 0 Å². The summed E-state index contributed by atoms with van der Waals surface area (Å²) >= 11 is 0. The van der Waals surface area contributed by atoms with Crippen LogP contribution in [-0.4, -0.2) is 28.5 Å². The fourth-order valence-corrected chi connectivity index (χ4v) is 2.04. The standard InChI is InChI=1S/C11H23NO2/c1-5-10(4,13)8-11(12)6-7-14-9(11,2)3/h13H,5-8,12H2,1-4H3. The van der Waals surface area contributed by atoms with E-state index in [1.54, 1.807) is 0 Å². The van der Waals surface area contributed by atoms with Gasteiger partial charge in [0.05, 0.1) is 11.2 Å². The summed E-state index contributed by atoms with van der Waals surface area (Å²) in [6.45, 7) is 8.53. The van der Waals surface area contributed by atoms with E-state index in [0.29, 0.717) is 13.0 Å². The van der Waals surface area contributed by atoms with E-state index in [1.807, 2.05) is 27.7 Å². The first-order chi connectivity index (χ1) is 6.22. The summed E-state index contributed by atoms with van der Waals surface area (Å²) in [5.74, 6) is 0. The molecule has 0 aromatic heterocycles. The normalized spacial score (nSPS) is 35.6. The molecule has 0 aromatic rings. The molecule has 0 bridgehead atoms. The van der Waals surface area contributed by atoms with Crippen LogP contribution in [0.5, 0.6) is 0 Å². The number of ether oxygens (including phenoxy) is 1. The van der Waals surface area contributed by atoms with E-state index < -0.39 is 11.1 Å². The van der Waals surface area contributed by atoms with E-state index >= 15 is 0 Å². The van der Waals surface area contributed by atoms with Gasteiger partial charge in [-0.25, -0.2) is 0 Å². The molecule has 3 nitrogen and oxygen atoms in total. The van der Waals surface area contributed by atoms with Crippen LogP contribution in [-0.2, 0) is 4.74 Å². The summed E-state index contributed by atoms with van der Waals surface area (Å²) < 4.78 is 5.61. The average Bonchev–Trinajstić information content (AvgIpc) is 2.25. The minimum Gasteiger partial charge on any atom is -0.390 e. The Morgan fingerprint density at radius 3 is 2.43 bits per heavy atom. The summed E-state index contributed by atoms with van der Waals surface area (Å²) in [4.78, 5) is 0. The van der Waals surface area contributed by atoms with E-state index in [2.05, 4.69) is 0 Å². The van der Waals surface area contributed by atoms with Gasteiger partial charge in [0, 0.05) is 12.1 Å². The number of rotatable bonds is 3. The Morgan fingerprint density at radius 1 is 1.50 bits per heavy atom. The van der Waals surface area contributed by atoms with Crippen LogP contribution in [0.15, 0.2) is 0 Å². The molecule has 14 heavy (non-hydrogen) atoms. The number of aliphatic hydroxyl groups is 1. The fraction of sp³-hybridized carbons (Fsp3) is 1.00. The molecule has 2 atom stereocenters. The average molecular weight is 201 g/mol. The molecular formula is C11H23NO2. The van der Waals surface area contributed by atoms with Crippen LogP contribution in [0, 0.1) is 0 Å². The molecule has 1 fully saturated rings. The van der Waals surface area contributed by atoms with Crippen LogP contribution in [0.3, 0.4) is 0 Å². The maximum Gasteiger partial charge on any atom is 0.0807 e. The Morgan fingerprint density at radius 2 is 2.07 bits per heavy atom. The maximum atomic E-state index is 10.0. The van der Waals surface area contributed by atoms with Crippen molar-refractivity contribution in [1.29, 1.82) is 0 Å². The number of hydrogen-bond acceptors (Lipinski definition) is 3. The molecule has 0 amide bonds. The maximum absolute atomic E-state index is 10.0. The molecule has 1 aliphatic rings. The Kier molecular flexibility index (Phi) is 2.96. The molecule has 3 N–H and O–H groups in total. The first-order valence-electron chi connectivity index (χ1n) is 5.38. The fourth-order valence-electron chi connectivity index (χ4n) is 2.04. The van der Waals surface area contributed by atoms with Crippen LogP contribution >= 0.6 is 0 Å². The van der Waals surface area contributed by atoms with Gasteiger partial charge in [-0.2, -0.15) is 0 Å². The Labute approximate surface area is 86.6 Å². The Hall–Kier alpha value is -0.120. The summed E-state index contributed by atoms with van der Waals surface area (Å²) in [7, 11) is 0. The van der Waals surface area contributed by atoms with Crippen molar-refractivity contribution in [2.45, 2.75) is 63.7 Å². The lowest BCUT2D eigenvalue weighted by Crippen LogP contribution is -2.57. The highest BCUT2D eigenvalue weighted by Crippen LogP contribution is 2.39. The third-order valence-corrected chi connectivity index (χ3v) is 3.67. The molecule has 1 aliphatic heterocycles. The van der Waals surface area contributed by atoms with Gasteiger partial charge in [0.25, 0.3) is 0 Å². The summed E-state index contributed by atoms with van der Waals surface area (Å²) in [5.41, 5.74) is 4.91. The quantitative estimate of drug-likeness (QED) is 0.726. The summed E-state index contributed by atoms with van der Waals surface area (Å²) in [5, 5.41) is 10.0. The monoisotopic (exact) mass is 201 g/mol. The molecule has 0 radical (unpaired) electrons. The predicted molar refractivity (Wildman–Crippen MR) is 57.1 cm³/mol. The first-order valence-corrected chi connectivity index (χ1v) is 5.38. The highest BCUT2D eigenvalue weighted by molar-refractivity contribution is 5.06. The zero-order chi connectivity index (χ0) is 11.0. The molecule has 1 heterocycles. The van der Waals surface area contributed by atoms with Crippen LogP contribution in [0.25, 0.3) is 0 Å². The molecule has 1 saturated heterocycles. The third kappa shape index (κ3) is 2.10. The van der Waals surface area contributed by atoms with Gasteiger partial charge < -0.3 is 15.6 Å². The first kappa shape index (κ1) is 12.0. The predicted octanol–water partition coefficient (Wildman–Crippen LogP) is 1.43. The molecule has 2 unspecified atom stereocenters. The van der Waals surface area contributed by atoms with Gasteiger partial charge in [0.2, 0.25) is 0 Å². The lowest BCUT2D eigenvalue weighted by molar-refractivity contribution is -0.0401. The van der Waals surface area contributed by atoms with Crippen molar-refractivity contribution >= 4 is 0 Å². The minimum atomic E-state index is -0.681. The summed E-state index contributed by atoms with van der Waals surface area (Å²) in [6, 6.07) is 0. The smallest absolute Gasteiger partial charge is 0.0807 e. The second-order valence-electron chi connectivity index (χ2n) is 5.29. The SMILES string of the molecule is CCC(C)(O)CC1(N)CCOC1(C)C. The molecule has 0 saturated carbocycles. The van der Waals surface area contributed by atoms with Crippen LogP contribution < -0.4 is 5.73 Å². The van der Waals surface area contributed by atoms with Crippen molar-refractivity contribution in [3.63, 3.8) is 0 Å². The second kappa shape index (κ2) is 3.47. The van der Waals surface area contributed by atoms with E-state index in [4.69, 9.17) is 10.5 Å². The van der Waals surface area contributed by atoms with Crippen LogP contribution in [0.2, 0.25) is 0 Å². The molecule has 0 spiro atoms. The van der Waals surface area contributed by atoms with Crippen molar-refractivity contribution in [3.8, 4) is 0 Å². The Balaban J connectivity index is 2.76. The van der Waals surface area contributed by atoms with Crippen molar-refractivity contribution < 1.29 is 9.84 Å². The largest absolute Gasteiger partial charge is 0.390 e. The van der Waals surface area contributed by atoms with Crippen molar-refractivity contribution in [3.05, 3.63) is 0 Å². The lowest BCUT2D eigenvalue weighted by Gasteiger charge is -2.41. The zero-order valence-corrected chi connectivity index (χ0v) is 9.76. The molecular weight excluding hydrogens is 178 g/mol. The molecule has 0 aromatic carbocycles.